The molecule has 0 aromatic heterocycles. The Bertz CT molecular complexity index is 466. The van der Waals surface area contributed by atoms with Crippen LogP contribution in [0.2, 0.25) is 0 Å². The van der Waals surface area contributed by atoms with E-state index in [4.69, 9.17) is 5.73 Å². The third kappa shape index (κ3) is 2.00. The van der Waals surface area contributed by atoms with Crippen molar-refractivity contribution < 1.29 is 0 Å². The topological polar surface area (TPSA) is 29.3 Å². The van der Waals surface area contributed by atoms with E-state index in [1.807, 2.05) is 32.3 Å². The molecule has 2 N–H and O–H groups in total. The van der Waals surface area contributed by atoms with Crippen molar-refractivity contribution in [1.29, 1.82) is 0 Å². The van der Waals surface area contributed by atoms with Crippen molar-refractivity contribution >= 4 is 34.6 Å². The summed E-state index contributed by atoms with van der Waals surface area (Å²) in [7, 11) is 4.08. The summed E-state index contributed by atoms with van der Waals surface area (Å²) in [6, 6.07) is 12.2. The van der Waals surface area contributed by atoms with E-state index in [0.717, 1.165) is 11.1 Å². The molecule has 0 bridgehead atoms. The van der Waals surface area contributed by atoms with Crippen LogP contribution in [0.15, 0.2) is 36.4 Å². The van der Waals surface area contributed by atoms with Crippen molar-refractivity contribution in [2.24, 2.45) is 0 Å². The molecule has 0 saturated carbocycles. The molecule has 0 unspecified atom stereocenters. The summed E-state index contributed by atoms with van der Waals surface area (Å²) in [5.74, 6) is 0. The number of hydrogen-bond acceptors (Lipinski definition) is 2. The fourth-order valence-electron chi connectivity index (χ4n) is 1.70. The summed E-state index contributed by atoms with van der Waals surface area (Å²) in [5.41, 5.74) is 7.95. The average Bonchev–Trinajstić information content (AvgIpc) is 2.18. The van der Waals surface area contributed by atoms with E-state index in [1.54, 1.807) is 0 Å². The average molecular weight is 223 g/mol. The first-order valence-corrected chi connectivity index (χ1v) is 4.64. The van der Waals surface area contributed by atoms with Crippen LogP contribution in [-0.4, -0.2) is 14.1 Å². The molecule has 0 radical (unpaired) electrons. The highest BCUT2D eigenvalue weighted by Crippen LogP contribution is 2.29. The Morgan fingerprint density at radius 1 is 0.933 bits per heavy atom. The first-order chi connectivity index (χ1) is 6.70. The lowest BCUT2D eigenvalue weighted by atomic mass is 10.1. The fourth-order valence-corrected chi connectivity index (χ4v) is 1.70. The van der Waals surface area contributed by atoms with Crippen molar-refractivity contribution in [3.8, 4) is 0 Å². The molecule has 0 heterocycles. The molecule has 2 aromatic carbocycles. The van der Waals surface area contributed by atoms with Crippen LogP contribution in [0.4, 0.5) is 11.4 Å². The Labute approximate surface area is 96.1 Å². The van der Waals surface area contributed by atoms with Crippen LogP contribution in [-0.2, 0) is 0 Å². The molecule has 0 amide bonds. The Kier molecular flexibility index (Phi) is 3.43. The van der Waals surface area contributed by atoms with Gasteiger partial charge in [0.2, 0.25) is 0 Å². The van der Waals surface area contributed by atoms with Gasteiger partial charge in [-0.1, -0.05) is 24.3 Å². The summed E-state index contributed by atoms with van der Waals surface area (Å²) in [5, 5.41) is 2.33. The number of anilines is 2. The van der Waals surface area contributed by atoms with E-state index in [9.17, 15) is 0 Å². The Morgan fingerprint density at radius 3 is 2.13 bits per heavy atom. The number of benzene rings is 2. The molecule has 2 nitrogen and oxygen atoms in total. The van der Waals surface area contributed by atoms with Crippen LogP contribution in [0.5, 0.6) is 0 Å². The Hall–Kier alpha value is -1.41. The number of halogens is 1. The maximum atomic E-state index is 5.91. The van der Waals surface area contributed by atoms with Crippen LogP contribution in [0.25, 0.3) is 10.8 Å². The Balaban J connectivity index is 0.00000112. The lowest BCUT2D eigenvalue weighted by Crippen LogP contribution is -2.09. The van der Waals surface area contributed by atoms with Crippen LogP contribution in [0.3, 0.4) is 0 Å². The first kappa shape index (κ1) is 11.7. The minimum atomic E-state index is 0. The quantitative estimate of drug-likeness (QED) is 0.752. The van der Waals surface area contributed by atoms with Gasteiger partial charge in [0.1, 0.15) is 0 Å². The predicted octanol–water partition coefficient (Wildman–Crippen LogP) is 2.91. The first-order valence-electron chi connectivity index (χ1n) is 4.64. The maximum Gasteiger partial charge on any atom is 0.0442 e. The molecule has 0 spiro atoms. The molecule has 0 saturated heterocycles. The van der Waals surface area contributed by atoms with Crippen molar-refractivity contribution in [2.45, 2.75) is 0 Å². The van der Waals surface area contributed by atoms with E-state index in [-0.39, 0.29) is 12.4 Å². The molecule has 3 heteroatoms. The zero-order valence-corrected chi connectivity index (χ0v) is 9.71. The predicted molar refractivity (Wildman–Crippen MR) is 69.9 cm³/mol. The molecular formula is C12H15ClN2. The van der Waals surface area contributed by atoms with Crippen molar-refractivity contribution in [2.75, 3.05) is 24.7 Å². The number of nitrogens with zero attached hydrogens (tertiary/aromatic N) is 1. The molecule has 2 rings (SSSR count). The van der Waals surface area contributed by atoms with Gasteiger partial charge >= 0.3 is 0 Å². The largest absolute Gasteiger partial charge is 0.398 e. The van der Waals surface area contributed by atoms with E-state index < -0.39 is 0 Å². The maximum absolute atomic E-state index is 5.91. The van der Waals surface area contributed by atoms with Gasteiger partial charge in [-0.05, 0) is 12.1 Å². The zero-order chi connectivity index (χ0) is 10.1. The lowest BCUT2D eigenvalue weighted by Gasteiger charge is -2.16. The van der Waals surface area contributed by atoms with Gasteiger partial charge in [0.25, 0.3) is 0 Å². The monoisotopic (exact) mass is 222 g/mol. The molecule has 0 aliphatic heterocycles. The lowest BCUT2D eigenvalue weighted by molar-refractivity contribution is 1.14. The summed E-state index contributed by atoms with van der Waals surface area (Å²) < 4.78 is 0. The normalized spacial score (nSPS) is 9.73. The van der Waals surface area contributed by atoms with Crippen LogP contribution in [0, 0.1) is 0 Å². The van der Waals surface area contributed by atoms with Crippen molar-refractivity contribution in [3.05, 3.63) is 36.4 Å². The molecule has 0 aliphatic carbocycles. The molecule has 2 aromatic rings. The number of rotatable bonds is 1. The van der Waals surface area contributed by atoms with Crippen molar-refractivity contribution in [3.63, 3.8) is 0 Å². The highest BCUT2D eigenvalue weighted by atomic mass is 35.5. The third-order valence-corrected chi connectivity index (χ3v) is 2.42. The fraction of sp³-hybridized carbons (Fsp3) is 0.167. The Morgan fingerprint density at radius 2 is 1.53 bits per heavy atom. The van der Waals surface area contributed by atoms with Crippen LogP contribution in [0.1, 0.15) is 0 Å². The highest BCUT2D eigenvalue weighted by molar-refractivity contribution is 6.01. The van der Waals surface area contributed by atoms with Gasteiger partial charge in [-0.25, -0.2) is 0 Å². The minimum Gasteiger partial charge on any atom is -0.398 e. The van der Waals surface area contributed by atoms with Gasteiger partial charge in [0.15, 0.2) is 0 Å². The third-order valence-electron chi connectivity index (χ3n) is 2.42. The highest BCUT2D eigenvalue weighted by Gasteiger charge is 2.03. The number of fused-ring (bicyclic) bond motifs is 1. The number of hydrogen-bond donors (Lipinski definition) is 1. The van der Waals surface area contributed by atoms with Gasteiger partial charge in [0.05, 0.1) is 0 Å². The number of nitrogens with two attached hydrogens (primary N) is 1. The SMILES string of the molecule is CN(C)c1ccc(N)c2ccccc12.Cl. The summed E-state index contributed by atoms with van der Waals surface area (Å²) in [6.07, 6.45) is 0. The van der Waals surface area contributed by atoms with Gasteiger partial charge in [-0.15, -0.1) is 12.4 Å². The standard InChI is InChI=1S/C12H14N2.ClH/c1-14(2)12-8-7-11(13)9-5-3-4-6-10(9)12;/h3-8H,13H2,1-2H3;1H. The molecule has 0 aliphatic rings. The van der Waals surface area contributed by atoms with E-state index in [1.165, 1.54) is 11.1 Å². The summed E-state index contributed by atoms with van der Waals surface area (Å²) in [6.45, 7) is 0. The van der Waals surface area contributed by atoms with Gasteiger partial charge < -0.3 is 10.6 Å². The molecule has 80 valence electrons. The molecule has 0 atom stereocenters. The minimum absolute atomic E-state index is 0. The van der Waals surface area contributed by atoms with E-state index in [2.05, 4.69) is 23.1 Å². The summed E-state index contributed by atoms with van der Waals surface area (Å²) in [4.78, 5) is 2.10. The van der Waals surface area contributed by atoms with Gasteiger partial charge in [0, 0.05) is 36.2 Å². The molecular weight excluding hydrogens is 208 g/mol. The van der Waals surface area contributed by atoms with Crippen molar-refractivity contribution in [1.82, 2.24) is 0 Å². The van der Waals surface area contributed by atoms with Crippen LogP contribution >= 0.6 is 12.4 Å². The second-order valence-corrected chi connectivity index (χ2v) is 3.61. The smallest absolute Gasteiger partial charge is 0.0442 e. The van der Waals surface area contributed by atoms with E-state index in [0.29, 0.717) is 0 Å². The summed E-state index contributed by atoms with van der Waals surface area (Å²) >= 11 is 0. The second-order valence-electron chi connectivity index (χ2n) is 3.61. The van der Waals surface area contributed by atoms with Crippen LogP contribution < -0.4 is 10.6 Å². The van der Waals surface area contributed by atoms with Gasteiger partial charge in [-0.2, -0.15) is 0 Å². The zero-order valence-electron chi connectivity index (χ0n) is 8.90. The van der Waals surface area contributed by atoms with E-state index >= 15 is 0 Å². The second kappa shape index (κ2) is 4.41. The molecule has 0 fully saturated rings. The number of nitrogen functional groups attached to an aromatic ring is 1. The molecule has 15 heavy (non-hydrogen) atoms. The van der Waals surface area contributed by atoms with Gasteiger partial charge in [-0.3, -0.25) is 0 Å².